The average molecular weight is 200 g/mol. The Hall–Kier alpha value is -1.63. The van der Waals surface area contributed by atoms with Gasteiger partial charge in [-0.3, -0.25) is 4.39 Å². The van der Waals surface area contributed by atoms with E-state index >= 15 is 0 Å². The summed E-state index contributed by atoms with van der Waals surface area (Å²) in [6.45, 7) is -0.353. The SMILES string of the molecule is FCC(c1ccccc1)c1ccccc1. The monoisotopic (exact) mass is 200 g/mol. The second kappa shape index (κ2) is 4.74. The number of hydrogen-bond acceptors (Lipinski definition) is 0. The molecule has 2 aromatic rings. The molecule has 0 heterocycles. The summed E-state index contributed by atoms with van der Waals surface area (Å²) in [7, 11) is 0. The van der Waals surface area contributed by atoms with Crippen molar-refractivity contribution in [3.05, 3.63) is 71.8 Å². The Morgan fingerprint density at radius 2 is 1.13 bits per heavy atom. The Morgan fingerprint density at radius 3 is 1.47 bits per heavy atom. The van der Waals surface area contributed by atoms with E-state index < -0.39 is 0 Å². The summed E-state index contributed by atoms with van der Waals surface area (Å²) in [6, 6.07) is 19.6. The molecule has 0 aliphatic rings. The van der Waals surface area contributed by atoms with E-state index in [9.17, 15) is 4.39 Å². The van der Waals surface area contributed by atoms with Crippen LogP contribution in [-0.4, -0.2) is 6.67 Å². The first-order valence-corrected chi connectivity index (χ1v) is 5.07. The average Bonchev–Trinajstić information content (AvgIpc) is 2.33. The van der Waals surface area contributed by atoms with Gasteiger partial charge in [0, 0.05) is 5.92 Å². The molecule has 76 valence electrons. The summed E-state index contributed by atoms with van der Waals surface area (Å²) in [5.74, 6) is -0.132. The molecular weight excluding hydrogens is 187 g/mol. The second-order valence-corrected chi connectivity index (χ2v) is 3.53. The van der Waals surface area contributed by atoms with Crippen LogP contribution in [0.15, 0.2) is 60.7 Å². The van der Waals surface area contributed by atoms with Gasteiger partial charge in [0.15, 0.2) is 0 Å². The van der Waals surface area contributed by atoms with E-state index in [1.54, 1.807) is 0 Å². The van der Waals surface area contributed by atoms with Crippen molar-refractivity contribution in [3.63, 3.8) is 0 Å². The van der Waals surface area contributed by atoms with Crippen LogP contribution >= 0.6 is 0 Å². The van der Waals surface area contributed by atoms with E-state index in [4.69, 9.17) is 0 Å². The lowest BCUT2D eigenvalue weighted by Crippen LogP contribution is -2.02. The molecule has 15 heavy (non-hydrogen) atoms. The maximum Gasteiger partial charge on any atom is 0.100 e. The van der Waals surface area contributed by atoms with Crippen LogP contribution in [0.2, 0.25) is 0 Å². The molecule has 2 aromatic carbocycles. The maximum absolute atomic E-state index is 13.0. The largest absolute Gasteiger partial charge is 0.250 e. The summed E-state index contributed by atoms with van der Waals surface area (Å²) >= 11 is 0. The summed E-state index contributed by atoms with van der Waals surface area (Å²) < 4.78 is 13.0. The van der Waals surface area contributed by atoms with Gasteiger partial charge in [0.05, 0.1) is 0 Å². The van der Waals surface area contributed by atoms with E-state index in [-0.39, 0.29) is 12.6 Å². The molecule has 0 N–H and O–H groups in total. The predicted molar refractivity (Wildman–Crippen MR) is 60.7 cm³/mol. The topological polar surface area (TPSA) is 0 Å². The highest BCUT2D eigenvalue weighted by Gasteiger charge is 2.12. The Morgan fingerprint density at radius 1 is 0.733 bits per heavy atom. The van der Waals surface area contributed by atoms with E-state index in [0.29, 0.717) is 0 Å². The third kappa shape index (κ3) is 2.24. The third-order valence-electron chi connectivity index (χ3n) is 2.56. The van der Waals surface area contributed by atoms with Crippen LogP contribution in [-0.2, 0) is 0 Å². The standard InChI is InChI=1S/C14H13F/c15-11-14(12-7-3-1-4-8-12)13-9-5-2-6-10-13/h1-10,14H,11H2. The van der Waals surface area contributed by atoms with Crippen LogP contribution in [0.4, 0.5) is 4.39 Å². The molecule has 0 spiro atoms. The first-order chi connectivity index (χ1) is 7.42. The molecule has 0 fully saturated rings. The molecular formula is C14H13F. The highest BCUT2D eigenvalue weighted by atomic mass is 19.1. The summed E-state index contributed by atoms with van der Waals surface area (Å²) in [6.07, 6.45) is 0. The fourth-order valence-electron chi connectivity index (χ4n) is 1.74. The van der Waals surface area contributed by atoms with Gasteiger partial charge < -0.3 is 0 Å². The normalized spacial score (nSPS) is 10.5. The number of hydrogen-bond donors (Lipinski definition) is 0. The first kappa shape index (κ1) is 9.91. The predicted octanol–water partition coefficient (Wildman–Crippen LogP) is 3.79. The van der Waals surface area contributed by atoms with Crippen molar-refractivity contribution in [2.45, 2.75) is 5.92 Å². The van der Waals surface area contributed by atoms with Crippen molar-refractivity contribution in [1.29, 1.82) is 0 Å². The summed E-state index contributed by atoms with van der Waals surface area (Å²) in [5, 5.41) is 0. The van der Waals surface area contributed by atoms with Crippen molar-refractivity contribution >= 4 is 0 Å². The second-order valence-electron chi connectivity index (χ2n) is 3.53. The molecule has 0 nitrogen and oxygen atoms in total. The zero-order chi connectivity index (χ0) is 10.5. The van der Waals surface area contributed by atoms with Crippen molar-refractivity contribution < 1.29 is 4.39 Å². The van der Waals surface area contributed by atoms with E-state index in [1.807, 2.05) is 60.7 Å². The van der Waals surface area contributed by atoms with Crippen LogP contribution in [0.1, 0.15) is 17.0 Å². The van der Waals surface area contributed by atoms with Crippen molar-refractivity contribution in [3.8, 4) is 0 Å². The summed E-state index contributed by atoms with van der Waals surface area (Å²) in [4.78, 5) is 0. The molecule has 0 aliphatic carbocycles. The molecule has 2 rings (SSSR count). The molecule has 0 aromatic heterocycles. The highest BCUT2D eigenvalue weighted by Crippen LogP contribution is 2.24. The molecule has 0 bridgehead atoms. The quantitative estimate of drug-likeness (QED) is 0.707. The minimum atomic E-state index is -0.353. The fourth-order valence-corrected chi connectivity index (χ4v) is 1.74. The van der Waals surface area contributed by atoms with Gasteiger partial charge in [-0.1, -0.05) is 60.7 Å². The summed E-state index contributed by atoms with van der Waals surface area (Å²) in [5.41, 5.74) is 2.07. The minimum absolute atomic E-state index is 0.132. The molecule has 0 amide bonds. The van der Waals surface area contributed by atoms with Gasteiger partial charge in [0.25, 0.3) is 0 Å². The molecule has 1 heteroatoms. The van der Waals surface area contributed by atoms with Crippen LogP contribution in [0, 0.1) is 0 Å². The van der Waals surface area contributed by atoms with Gasteiger partial charge in [-0.25, -0.2) is 0 Å². The number of rotatable bonds is 3. The van der Waals surface area contributed by atoms with Gasteiger partial charge >= 0.3 is 0 Å². The van der Waals surface area contributed by atoms with Crippen LogP contribution < -0.4 is 0 Å². The van der Waals surface area contributed by atoms with Gasteiger partial charge in [0.2, 0.25) is 0 Å². The molecule has 0 atom stereocenters. The Kier molecular flexibility index (Phi) is 3.13. The molecule has 0 saturated heterocycles. The third-order valence-corrected chi connectivity index (χ3v) is 2.56. The molecule has 0 saturated carbocycles. The van der Waals surface area contributed by atoms with Gasteiger partial charge in [-0.2, -0.15) is 0 Å². The molecule has 0 radical (unpaired) electrons. The lowest BCUT2D eigenvalue weighted by molar-refractivity contribution is 0.461. The number of halogens is 1. The number of alkyl halides is 1. The van der Waals surface area contributed by atoms with E-state index in [1.165, 1.54) is 0 Å². The lowest BCUT2D eigenvalue weighted by atomic mass is 9.93. The van der Waals surface area contributed by atoms with Crippen LogP contribution in [0.3, 0.4) is 0 Å². The van der Waals surface area contributed by atoms with Gasteiger partial charge in [-0.15, -0.1) is 0 Å². The fraction of sp³-hybridized carbons (Fsp3) is 0.143. The van der Waals surface area contributed by atoms with Crippen LogP contribution in [0.25, 0.3) is 0 Å². The van der Waals surface area contributed by atoms with Crippen LogP contribution in [0.5, 0.6) is 0 Å². The lowest BCUT2D eigenvalue weighted by Gasteiger charge is -2.13. The van der Waals surface area contributed by atoms with E-state index in [2.05, 4.69) is 0 Å². The molecule has 0 aliphatic heterocycles. The number of benzene rings is 2. The Balaban J connectivity index is 2.34. The van der Waals surface area contributed by atoms with E-state index in [0.717, 1.165) is 11.1 Å². The maximum atomic E-state index is 13.0. The van der Waals surface area contributed by atoms with Gasteiger partial charge in [0.1, 0.15) is 6.67 Å². The van der Waals surface area contributed by atoms with Crippen molar-refractivity contribution in [2.75, 3.05) is 6.67 Å². The highest BCUT2D eigenvalue weighted by molar-refractivity contribution is 5.32. The minimum Gasteiger partial charge on any atom is -0.250 e. The Labute approximate surface area is 89.4 Å². The first-order valence-electron chi connectivity index (χ1n) is 5.07. The zero-order valence-corrected chi connectivity index (χ0v) is 8.44. The Bertz CT molecular complexity index is 355. The van der Waals surface area contributed by atoms with Gasteiger partial charge in [-0.05, 0) is 11.1 Å². The molecule has 0 unspecified atom stereocenters. The van der Waals surface area contributed by atoms with Crippen molar-refractivity contribution in [2.24, 2.45) is 0 Å². The zero-order valence-electron chi connectivity index (χ0n) is 8.44. The van der Waals surface area contributed by atoms with Crippen molar-refractivity contribution in [1.82, 2.24) is 0 Å². The smallest absolute Gasteiger partial charge is 0.100 e.